The van der Waals surface area contributed by atoms with Gasteiger partial charge in [-0.05, 0) is 38.5 Å². The maximum atomic E-state index is 7.77. The highest BCUT2D eigenvalue weighted by atomic mass is 16.6. The van der Waals surface area contributed by atoms with Gasteiger partial charge in [-0.25, -0.2) is 0 Å². The van der Waals surface area contributed by atoms with Crippen LogP contribution in [0.2, 0.25) is 0 Å². The zero-order valence-corrected chi connectivity index (χ0v) is 19.2. The number of nitrogens with two attached hydrogens (primary N) is 3. The summed E-state index contributed by atoms with van der Waals surface area (Å²) in [6.45, 7) is 4.47. The van der Waals surface area contributed by atoms with Crippen molar-refractivity contribution < 1.29 is 28.4 Å². The van der Waals surface area contributed by atoms with E-state index < -0.39 is 22.0 Å². The Morgan fingerprint density at radius 3 is 1.42 bits per heavy atom. The Hall–Kier alpha value is -0.620. The fraction of sp³-hybridized carbons (Fsp3) is 0.917. The molecule has 9 unspecified atom stereocenters. The first-order valence-corrected chi connectivity index (χ1v) is 12.6. The van der Waals surface area contributed by atoms with Gasteiger partial charge < -0.3 is 45.6 Å². The van der Waals surface area contributed by atoms with E-state index in [0.717, 1.165) is 52.3 Å². The molecule has 9 atom stereocenters. The van der Waals surface area contributed by atoms with Crippen LogP contribution in [0.5, 0.6) is 0 Å². The van der Waals surface area contributed by atoms with Crippen molar-refractivity contribution in [1.29, 1.82) is 0 Å². The molecule has 33 heavy (non-hydrogen) atoms. The molecule has 0 saturated carbocycles. The Balaban J connectivity index is 1.40. The van der Waals surface area contributed by atoms with Crippen LogP contribution in [0.3, 0.4) is 0 Å². The lowest BCUT2D eigenvalue weighted by Gasteiger charge is -2.66. The van der Waals surface area contributed by atoms with Crippen LogP contribution in [0, 0.1) is 5.41 Å². The topological polar surface area (TPSA) is 153 Å². The van der Waals surface area contributed by atoms with Crippen molar-refractivity contribution in [3.05, 3.63) is 11.6 Å². The van der Waals surface area contributed by atoms with Crippen molar-refractivity contribution in [1.82, 2.24) is 0 Å². The van der Waals surface area contributed by atoms with Crippen LogP contribution in [0.15, 0.2) is 11.6 Å². The van der Waals surface area contributed by atoms with Crippen LogP contribution >= 0.6 is 0 Å². The van der Waals surface area contributed by atoms with Crippen LogP contribution in [-0.2, 0) is 28.4 Å². The van der Waals surface area contributed by atoms with Crippen molar-refractivity contribution in [2.24, 2.45) is 22.6 Å². The minimum absolute atomic E-state index is 0.0925. The summed E-state index contributed by atoms with van der Waals surface area (Å²) in [4.78, 5) is 0. The summed E-state index contributed by atoms with van der Waals surface area (Å²) in [7, 11) is 0. The lowest BCUT2D eigenvalue weighted by molar-refractivity contribution is -0.0290. The largest absolute Gasteiger partial charge is 0.373 e. The molecule has 7 aliphatic rings. The molecule has 9 nitrogen and oxygen atoms in total. The minimum Gasteiger partial charge on any atom is -0.373 e. The third kappa shape index (κ3) is 3.80. The summed E-state index contributed by atoms with van der Waals surface area (Å²) in [5, 5.41) is 0. The van der Waals surface area contributed by atoms with E-state index in [1.165, 1.54) is 5.57 Å². The third-order valence-electron chi connectivity index (χ3n) is 9.21. The lowest BCUT2D eigenvalue weighted by Crippen LogP contribution is -2.86. The molecule has 0 spiro atoms. The van der Waals surface area contributed by atoms with Crippen LogP contribution in [0.25, 0.3) is 0 Å². The summed E-state index contributed by atoms with van der Waals surface area (Å²) < 4.78 is 34.5. The Morgan fingerprint density at radius 1 is 0.576 bits per heavy atom. The van der Waals surface area contributed by atoms with Crippen molar-refractivity contribution in [2.45, 2.75) is 91.8 Å². The number of rotatable bonds is 12. The van der Waals surface area contributed by atoms with Crippen molar-refractivity contribution in [2.75, 3.05) is 39.6 Å². The fourth-order valence-corrected chi connectivity index (χ4v) is 6.89. The quantitative estimate of drug-likeness (QED) is 0.262. The number of ether oxygens (including phenoxy) is 6. The molecule has 0 aromatic heterocycles. The highest BCUT2D eigenvalue weighted by Gasteiger charge is 2.72. The van der Waals surface area contributed by atoms with Crippen LogP contribution < -0.4 is 17.2 Å². The smallest absolute Gasteiger partial charge is 0.0847 e. The molecule has 0 bridgehead atoms. The predicted octanol–water partition coefficient (Wildman–Crippen LogP) is -0.261. The summed E-state index contributed by atoms with van der Waals surface area (Å²) in [6, 6.07) is 0. The van der Waals surface area contributed by atoms with Gasteiger partial charge in [0, 0.05) is 11.0 Å². The molecule has 0 radical (unpaired) electrons. The summed E-state index contributed by atoms with van der Waals surface area (Å²) in [5.41, 5.74) is 21.1. The molecule has 184 valence electrons. The SMILES string of the molecule is NC1(CC2CO2)C=C(CC2CO2)C(CC2CO2)(CC2CO2)C(N)(CC2CO2)C1(N)CC1CO1. The first-order chi connectivity index (χ1) is 15.8. The molecule has 6 fully saturated rings. The summed E-state index contributed by atoms with van der Waals surface area (Å²) in [6.07, 6.45) is 7.64. The van der Waals surface area contributed by atoms with Gasteiger partial charge in [0.1, 0.15) is 0 Å². The van der Waals surface area contributed by atoms with E-state index in [1.807, 2.05) is 0 Å². The van der Waals surface area contributed by atoms with Gasteiger partial charge >= 0.3 is 0 Å². The van der Waals surface area contributed by atoms with Gasteiger partial charge in [0.15, 0.2) is 0 Å². The molecule has 0 amide bonds. The average Bonchev–Trinajstić information content (AvgIpc) is 3.49. The van der Waals surface area contributed by atoms with Gasteiger partial charge in [0.2, 0.25) is 0 Å². The zero-order chi connectivity index (χ0) is 22.5. The zero-order valence-electron chi connectivity index (χ0n) is 19.2. The highest BCUT2D eigenvalue weighted by molar-refractivity contribution is 5.44. The second-order valence-corrected chi connectivity index (χ2v) is 11.7. The first kappa shape index (κ1) is 21.6. The van der Waals surface area contributed by atoms with Gasteiger partial charge in [-0.2, -0.15) is 0 Å². The molecule has 1 aliphatic carbocycles. The normalized spacial score (nSPS) is 55.7. The van der Waals surface area contributed by atoms with E-state index >= 15 is 0 Å². The standard InChI is InChI=1S/C24H37N3O6/c25-22(5-18-11-31-18)2-14(1-15-8-28-15)21(3-16-9-29-16,4-17-10-30-17)23(26,6-19-12-32-19)24(22,27)7-20-13-33-20/h2,15-20H,1,3-13,25-27H2. The molecule has 7 rings (SSSR count). The van der Waals surface area contributed by atoms with E-state index in [9.17, 15) is 0 Å². The summed E-state index contributed by atoms with van der Waals surface area (Å²) in [5.74, 6) is 0. The second kappa shape index (κ2) is 7.21. The summed E-state index contributed by atoms with van der Waals surface area (Å²) >= 11 is 0. The number of epoxide rings is 6. The number of hydrogen-bond acceptors (Lipinski definition) is 9. The van der Waals surface area contributed by atoms with Crippen LogP contribution in [0.1, 0.15) is 38.5 Å². The molecule has 6 heterocycles. The van der Waals surface area contributed by atoms with E-state index in [-0.39, 0.29) is 36.6 Å². The fourth-order valence-electron chi connectivity index (χ4n) is 6.89. The van der Waals surface area contributed by atoms with Crippen LogP contribution in [-0.4, -0.2) is 92.9 Å². The molecule has 6 aliphatic heterocycles. The van der Waals surface area contributed by atoms with Gasteiger partial charge in [0.05, 0.1) is 87.3 Å². The van der Waals surface area contributed by atoms with Gasteiger partial charge in [-0.15, -0.1) is 0 Å². The monoisotopic (exact) mass is 463 g/mol. The van der Waals surface area contributed by atoms with E-state index in [4.69, 9.17) is 45.6 Å². The minimum atomic E-state index is -0.892. The van der Waals surface area contributed by atoms with Gasteiger partial charge in [0.25, 0.3) is 0 Å². The molecule has 6 N–H and O–H groups in total. The molecular formula is C24H37N3O6. The Bertz CT molecular complexity index is 818. The maximum Gasteiger partial charge on any atom is 0.0847 e. The third-order valence-corrected chi connectivity index (χ3v) is 9.21. The Labute approximate surface area is 194 Å². The van der Waals surface area contributed by atoms with Crippen molar-refractivity contribution >= 4 is 0 Å². The molecular weight excluding hydrogens is 426 g/mol. The average molecular weight is 464 g/mol. The number of hydrogen-bond donors (Lipinski definition) is 3. The second-order valence-electron chi connectivity index (χ2n) is 11.7. The highest BCUT2D eigenvalue weighted by Crippen LogP contribution is 2.63. The molecule has 0 aromatic rings. The van der Waals surface area contributed by atoms with Crippen molar-refractivity contribution in [3.8, 4) is 0 Å². The van der Waals surface area contributed by atoms with Gasteiger partial charge in [-0.1, -0.05) is 11.6 Å². The predicted molar refractivity (Wildman–Crippen MR) is 117 cm³/mol. The lowest BCUT2D eigenvalue weighted by atomic mass is 9.43. The van der Waals surface area contributed by atoms with Gasteiger partial charge in [-0.3, -0.25) is 0 Å². The molecule has 9 heteroatoms. The molecule has 6 saturated heterocycles. The van der Waals surface area contributed by atoms with E-state index in [2.05, 4.69) is 6.08 Å². The first-order valence-electron chi connectivity index (χ1n) is 12.6. The van der Waals surface area contributed by atoms with E-state index in [1.54, 1.807) is 0 Å². The Morgan fingerprint density at radius 2 is 0.970 bits per heavy atom. The van der Waals surface area contributed by atoms with E-state index in [0.29, 0.717) is 25.9 Å². The van der Waals surface area contributed by atoms with Crippen molar-refractivity contribution in [3.63, 3.8) is 0 Å². The maximum absolute atomic E-state index is 7.77. The Kier molecular flexibility index (Phi) is 4.73. The molecule has 0 aromatic carbocycles. The van der Waals surface area contributed by atoms with Crippen LogP contribution in [0.4, 0.5) is 0 Å².